The number of amides is 2. The Bertz CT molecular complexity index is 430. The number of aromatic nitrogens is 2. The summed E-state index contributed by atoms with van der Waals surface area (Å²) in [7, 11) is 0. The van der Waals surface area contributed by atoms with Crippen LogP contribution in [0.2, 0.25) is 0 Å². The lowest BCUT2D eigenvalue weighted by Crippen LogP contribution is -2.22. The number of hydrogen-bond donors (Lipinski definition) is 2. The van der Waals surface area contributed by atoms with Crippen molar-refractivity contribution in [3.63, 3.8) is 0 Å². The normalized spacial score (nSPS) is 10.3. The van der Waals surface area contributed by atoms with Gasteiger partial charge in [-0.3, -0.25) is 0 Å². The Morgan fingerprint density at radius 2 is 2.29 bits per heavy atom. The summed E-state index contributed by atoms with van der Waals surface area (Å²) in [5, 5.41) is 2.36. The highest BCUT2D eigenvalue weighted by Crippen LogP contribution is 2.09. The number of aromatic amines is 1. The maximum atomic E-state index is 10.3. The van der Waals surface area contributed by atoms with Gasteiger partial charge in [0.25, 0.3) is 0 Å². The maximum Gasteiger partial charge on any atom is 0.333 e. The fourth-order valence-corrected chi connectivity index (χ4v) is 1.25. The Morgan fingerprint density at radius 3 is 3.00 bits per heavy atom. The standard InChI is InChI=1S/C9H9N4O/c10-9(14)11-5-8-12-6-3-1-2-4-7(6)13-8/h1-4,10H,5H2,(H,11,14)(H,12,13). The second-order valence-electron chi connectivity index (χ2n) is 2.88. The van der Waals surface area contributed by atoms with Gasteiger partial charge >= 0.3 is 6.03 Å². The van der Waals surface area contributed by atoms with E-state index in [1.807, 2.05) is 24.3 Å². The lowest BCUT2D eigenvalue weighted by molar-refractivity contribution is 0.247. The Labute approximate surface area is 80.3 Å². The van der Waals surface area contributed by atoms with Gasteiger partial charge in [-0.05, 0) is 12.1 Å². The molecule has 71 valence electrons. The van der Waals surface area contributed by atoms with Crippen LogP contribution in [0.4, 0.5) is 4.79 Å². The van der Waals surface area contributed by atoms with Gasteiger partial charge in [-0.2, -0.15) is 0 Å². The molecule has 0 aliphatic carbocycles. The van der Waals surface area contributed by atoms with Crippen molar-refractivity contribution in [1.82, 2.24) is 21.0 Å². The Hall–Kier alpha value is -2.04. The lowest BCUT2D eigenvalue weighted by Gasteiger charge is -1.94. The van der Waals surface area contributed by atoms with Crippen LogP contribution < -0.4 is 11.1 Å². The zero-order valence-electron chi connectivity index (χ0n) is 7.37. The van der Waals surface area contributed by atoms with Gasteiger partial charge in [0.15, 0.2) is 0 Å². The Balaban J connectivity index is 2.22. The molecule has 0 spiro atoms. The third-order valence-corrected chi connectivity index (χ3v) is 1.85. The molecule has 0 bridgehead atoms. The number of carbonyl (C=O) groups excluding carboxylic acids is 1. The van der Waals surface area contributed by atoms with Crippen LogP contribution in [0.5, 0.6) is 0 Å². The van der Waals surface area contributed by atoms with E-state index in [0.29, 0.717) is 5.82 Å². The van der Waals surface area contributed by atoms with E-state index in [1.54, 1.807) is 0 Å². The number of fused-ring (bicyclic) bond motifs is 1. The highest BCUT2D eigenvalue weighted by atomic mass is 16.2. The van der Waals surface area contributed by atoms with Gasteiger partial charge in [0, 0.05) is 0 Å². The van der Waals surface area contributed by atoms with Crippen molar-refractivity contribution in [3.8, 4) is 0 Å². The number of nitrogens with one attached hydrogen (secondary N) is 3. The quantitative estimate of drug-likeness (QED) is 0.740. The number of rotatable bonds is 2. The van der Waals surface area contributed by atoms with Gasteiger partial charge in [-0.15, -0.1) is 0 Å². The number of urea groups is 1. The molecule has 5 nitrogen and oxygen atoms in total. The van der Waals surface area contributed by atoms with Crippen LogP contribution in [0, 0.1) is 0 Å². The number of H-pyrrole nitrogens is 1. The summed E-state index contributed by atoms with van der Waals surface area (Å²) in [4.78, 5) is 17.6. The molecule has 0 unspecified atom stereocenters. The van der Waals surface area contributed by atoms with Crippen molar-refractivity contribution in [2.75, 3.05) is 0 Å². The summed E-state index contributed by atoms with van der Waals surface area (Å²) >= 11 is 0. The van der Waals surface area contributed by atoms with Gasteiger partial charge < -0.3 is 10.3 Å². The Morgan fingerprint density at radius 1 is 1.50 bits per heavy atom. The van der Waals surface area contributed by atoms with Crippen molar-refractivity contribution < 1.29 is 4.79 Å². The summed E-state index contributed by atoms with van der Waals surface area (Å²) in [6, 6.07) is 6.81. The molecular weight excluding hydrogens is 180 g/mol. The van der Waals surface area contributed by atoms with E-state index < -0.39 is 6.03 Å². The molecule has 0 saturated heterocycles. The van der Waals surface area contributed by atoms with E-state index in [9.17, 15) is 4.79 Å². The number of para-hydroxylation sites is 2. The zero-order valence-corrected chi connectivity index (χ0v) is 7.37. The maximum absolute atomic E-state index is 10.3. The van der Waals surface area contributed by atoms with Crippen LogP contribution in [0.15, 0.2) is 24.3 Å². The molecule has 2 amide bonds. The molecule has 14 heavy (non-hydrogen) atoms. The molecular formula is C9H9N4O. The van der Waals surface area contributed by atoms with Gasteiger partial charge in [-0.1, -0.05) is 12.1 Å². The van der Waals surface area contributed by atoms with Crippen LogP contribution in [0.1, 0.15) is 5.82 Å². The molecule has 0 atom stereocenters. The smallest absolute Gasteiger partial charge is 0.333 e. The van der Waals surface area contributed by atoms with Crippen molar-refractivity contribution in [2.24, 2.45) is 0 Å². The number of imidazole rings is 1. The fraction of sp³-hybridized carbons (Fsp3) is 0.111. The summed E-state index contributed by atoms with van der Waals surface area (Å²) in [6.07, 6.45) is 0. The van der Waals surface area contributed by atoms with Crippen LogP contribution in [0.3, 0.4) is 0 Å². The summed E-state index contributed by atoms with van der Waals surface area (Å²) < 4.78 is 0. The number of benzene rings is 1. The fourth-order valence-electron chi connectivity index (χ4n) is 1.25. The van der Waals surface area contributed by atoms with Gasteiger partial charge in [-0.25, -0.2) is 15.5 Å². The molecule has 1 aromatic carbocycles. The van der Waals surface area contributed by atoms with Gasteiger partial charge in [0.05, 0.1) is 17.6 Å². The van der Waals surface area contributed by atoms with Crippen molar-refractivity contribution in [3.05, 3.63) is 30.1 Å². The minimum absolute atomic E-state index is 0.261. The predicted octanol–water partition coefficient (Wildman–Crippen LogP) is 1.06. The van der Waals surface area contributed by atoms with Crippen molar-refractivity contribution in [1.29, 1.82) is 0 Å². The number of carbonyl (C=O) groups is 1. The highest BCUT2D eigenvalue weighted by molar-refractivity contribution is 5.75. The molecule has 0 saturated carbocycles. The highest BCUT2D eigenvalue weighted by Gasteiger charge is 2.01. The second kappa shape index (κ2) is 3.37. The van der Waals surface area contributed by atoms with E-state index >= 15 is 0 Å². The topological polar surface area (TPSA) is 81.6 Å². The molecule has 0 aliphatic rings. The third-order valence-electron chi connectivity index (χ3n) is 1.85. The molecule has 1 heterocycles. The van der Waals surface area contributed by atoms with E-state index in [2.05, 4.69) is 15.3 Å². The van der Waals surface area contributed by atoms with Crippen LogP contribution in [0.25, 0.3) is 11.0 Å². The van der Waals surface area contributed by atoms with Crippen LogP contribution in [-0.4, -0.2) is 16.0 Å². The molecule has 3 N–H and O–H groups in total. The molecule has 1 radical (unpaired) electrons. The van der Waals surface area contributed by atoms with E-state index in [4.69, 9.17) is 5.73 Å². The Kier molecular flexibility index (Phi) is 2.06. The average molecular weight is 189 g/mol. The molecule has 2 rings (SSSR count). The molecule has 1 aromatic heterocycles. The molecule has 5 heteroatoms. The van der Waals surface area contributed by atoms with Crippen molar-refractivity contribution in [2.45, 2.75) is 6.54 Å². The first kappa shape index (κ1) is 8.55. The second-order valence-corrected chi connectivity index (χ2v) is 2.88. The molecule has 2 aromatic rings. The first-order valence-corrected chi connectivity index (χ1v) is 4.19. The van der Waals surface area contributed by atoms with E-state index in [1.165, 1.54) is 0 Å². The van der Waals surface area contributed by atoms with Crippen molar-refractivity contribution >= 4 is 17.1 Å². The first-order chi connectivity index (χ1) is 6.75. The SMILES string of the molecule is [NH]C(=O)NCc1nc2ccccc2[nH]1. The summed E-state index contributed by atoms with van der Waals surface area (Å²) in [5.74, 6) is 0.659. The molecule has 0 fully saturated rings. The molecule has 0 aliphatic heterocycles. The van der Waals surface area contributed by atoms with Crippen LogP contribution in [-0.2, 0) is 6.54 Å². The van der Waals surface area contributed by atoms with Gasteiger partial charge in [0.2, 0.25) is 0 Å². The van der Waals surface area contributed by atoms with Crippen LogP contribution >= 0.6 is 0 Å². The predicted molar refractivity (Wildman–Crippen MR) is 51.4 cm³/mol. The monoisotopic (exact) mass is 189 g/mol. The third kappa shape index (κ3) is 1.66. The minimum Gasteiger partial charge on any atom is -0.340 e. The largest absolute Gasteiger partial charge is 0.340 e. The number of hydrogen-bond acceptors (Lipinski definition) is 2. The average Bonchev–Trinajstić information content (AvgIpc) is 2.57. The van der Waals surface area contributed by atoms with E-state index in [-0.39, 0.29) is 6.54 Å². The summed E-state index contributed by atoms with van der Waals surface area (Å²) in [6.45, 7) is 0.261. The zero-order chi connectivity index (χ0) is 9.97. The van der Waals surface area contributed by atoms with E-state index in [0.717, 1.165) is 11.0 Å². The van der Waals surface area contributed by atoms with Gasteiger partial charge in [0.1, 0.15) is 5.82 Å². The first-order valence-electron chi connectivity index (χ1n) is 4.19. The minimum atomic E-state index is -0.801. The lowest BCUT2D eigenvalue weighted by atomic mass is 10.3. The summed E-state index contributed by atoms with van der Waals surface area (Å²) in [5.41, 5.74) is 8.46. The number of nitrogens with zero attached hydrogens (tertiary/aromatic N) is 1.